The highest BCUT2D eigenvalue weighted by atomic mass is 32.2. The van der Waals surface area contributed by atoms with Crippen molar-refractivity contribution in [2.45, 2.75) is 57.7 Å². The number of ether oxygens (including phenoxy) is 2. The fraction of sp³-hybridized carbons (Fsp3) is 0.684. The zero-order chi connectivity index (χ0) is 20.0. The SMILES string of the molecule is CCOC(=O)c1cnc(SC)nc1CC1CCN(C(=O)OC(C)(C)C)CC1. The van der Waals surface area contributed by atoms with Crippen molar-refractivity contribution < 1.29 is 19.1 Å². The smallest absolute Gasteiger partial charge is 0.410 e. The number of esters is 1. The van der Waals surface area contributed by atoms with Crippen LogP contribution in [0.3, 0.4) is 0 Å². The number of nitrogens with zero attached hydrogens (tertiary/aromatic N) is 3. The molecule has 1 amide bonds. The summed E-state index contributed by atoms with van der Waals surface area (Å²) in [5, 5.41) is 0.643. The van der Waals surface area contributed by atoms with Gasteiger partial charge in [0.25, 0.3) is 0 Å². The van der Waals surface area contributed by atoms with Crippen LogP contribution in [0, 0.1) is 5.92 Å². The summed E-state index contributed by atoms with van der Waals surface area (Å²) in [6.45, 7) is 8.99. The molecular formula is C19H29N3O4S. The number of likely N-dealkylation sites (tertiary alicyclic amines) is 1. The van der Waals surface area contributed by atoms with E-state index >= 15 is 0 Å². The molecule has 1 fully saturated rings. The lowest BCUT2D eigenvalue weighted by molar-refractivity contribution is 0.0184. The Balaban J connectivity index is 2.02. The Labute approximate surface area is 165 Å². The molecule has 0 aliphatic carbocycles. The lowest BCUT2D eigenvalue weighted by Gasteiger charge is -2.33. The summed E-state index contributed by atoms with van der Waals surface area (Å²) in [6, 6.07) is 0. The first-order valence-corrected chi connectivity index (χ1v) is 10.5. The number of piperidine rings is 1. The molecule has 7 nitrogen and oxygen atoms in total. The van der Waals surface area contributed by atoms with Gasteiger partial charge in [0.15, 0.2) is 5.16 Å². The van der Waals surface area contributed by atoms with E-state index in [0.29, 0.717) is 42.8 Å². The van der Waals surface area contributed by atoms with Gasteiger partial charge >= 0.3 is 12.1 Å². The molecule has 2 rings (SSSR count). The summed E-state index contributed by atoms with van der Waals surface area (Å²) >= 11 is 1.44. The quantitative estimate of drug-likeness (QED) is 0.428. The third-order valence-corrected chi connectivity index (χ3v) is 4.83. The van der Waals surface area contributed by atoms with Gasteiger partial charge in [0, 0.05) is 19.3 Å². The Bertz CT molecular complexity index is 667. The fourth-order valence-electron chi connectivity index (χ4n) is 2.95. The van der Waals surface area contributed by atoms with Crippen LogP contribution in [0.1, 0.15) is 56.6 Å². The van der Waals surface area contributed by atoms with Gasteiger partial charge in [0.1, 0.15) is 5.60 Å². The normalized spacial score (nSPS) is 15.5. The molecule has 0 unspecified atom stereocenters. The van der Waals surface area contributed by atoms with Gasteiger partial charge in [0.05, 0.1) is 17.9 Å². The van der Waals surface area contributed by atoms with Crippen LogP contribution in [0.25, 0.3) is 0 Å². The first-order chi connectivity index (χ1) is 12.7. The highest BCUT2D eigenvalue weighted by molar-refractivity contribution is 7.98. The van der Waals surface area contributed by atoms with Gasteiger partial charge in [-0.25, -0.2) is 19.6 Å². The van der Waals surface area contributed by atoms with Crippen molar-refractivity contribution in [2.75, 3.05) is 26.0 Å². The molecular weight excluding hydrogens is 366 g/mol. The molecule has 0 N–H and O–H groups in total. The van der Waals surface area contributed by atoms with E-state index < -0.39 is 5.60 Å². The lowest BCUT2D eigenvalue weighted by atomic mass is 9.91. The molecule has 1 aliphatic rings. The van der Waals surface area contributed by atoms with Gasteiger partial charge in [-0.1, -0.05) is 11.8 Å². The first kappa shape index (κ1) is 21.5. The molecule has 1 aromatic rings. The Hall–Kier alpha value is -1.83. The molecule has 2 heterocycles. The van der Waals surface area contributed by atoms with Gasteiger partial charge in [0.2, 0.25) is 0 Å². The number of rotatable bonds is 5. The van der Waals surface area contributed by atoms with Gasteiger partial charge in [-0.15, -0.1) is 0 Å². The third-order valence-electron chi connectivity index (χ3n) is 4.27. The van der Waals surface area contributed by atoms with Crippen LogP contribution in [-0.2, 0) is 15.9 Å². The minimum Gasteiger partial charge on any atom is -0.462 e. The number of amides is 1. The van der Waals surface area contributed by atoms with Crippen molar-refractivity contribution in [2.24, 2.45) is 5.92 Å². The molecule has 150 valence electrons. The number of aromatic nitrogens is 2. The molecule has 0 spiro atoms. The number of carbonyl (C=O) groups excluding carboxylic acids is 2. The summed E-state index contributed by atoms with van der Waals surface area (Å²) in [7, 11) is 0. The van der Waals surface area contributed by atoms with Gasteiger partial charge in [-0.05, 0) is 59.1 Å². The molecule has 1 saturated heterocycles. The highest BCUT2D eigenvalue weighted by Crippen LogP contribution is 2.25. The fourth-order valence-corrected chi connectivity index (χ4v) is 3.31. The molecule has 0 aromatic carbocycles. The van der Waals surface area contributed by atoms with Crippen LogP contribution in [0.5, 0.6) is 0 Å². The first-order valence-electron chi connectivity index (χ1n) is 9.28. The maximum Gasteiger partial charge on any atom is 0.410 e. The number of carbonyl (C=O) groups is 2. The van der Waals surface area contributed by atoms with Gasteiger partial charge in [-0.2, -0.15) is 0 Å². The minimum absolute atomic E-state index is 0.264. The topological polar surface area (TPSA) is 81.6 Å². The van der Waals surface area contributed by atoms with Crippen molar-refractivity contribution in [1.29, 1.82) is 0 Å². The largest absolute Gasteiger partial charge is 0.462 e. The summed E-state index contributed by atoms with van der Waals surface area (Å²) in [4.78, 5) is 34.9. The highest BCUT2D eigenvalue weighted by Gasteiger charge is 2.28. The van der Waals surface area contributed by atoms with Crippen molar-refractivity contribution in [3.8, 4) is 0 Å². The van der Waals surface area contributed by atoms with Crippen molar-refractivity contribution in [3.63, 3.8) is 0 Å². The zero-order valence-corrected chi connectivity index (χ0v) is 17.6. The predicted octanol–water partition coefficient (Wildman–Crippen LogP) is 3.56. The molecule has 1 aliphatic heterocycles. The molecule has 8 heteroatoms. The molecule has 1 aromatic heterocycles. The standard InChI is InChI=1S/C19H29N3O4S/c1-6-25-16(23)14-12-20-17(27-5)21-15(14)11-13-7-9-22(10-8-13)18(24)26-19(2,3)4/h12-13H,6-11H2,1-5H3. The van der Waals surface area contributed by atoms with Crippen LogP contribution < -0.4 is 0 Å². The zero-order valence-electron chi connectivity index (χ0n) is 16.8. The summed E-state index contributed by atoms with van der Waals surface area (Å²) in [5.41, 5.74) is 0.672. The van der Waals surface area contributed by atoms with Crippen molar-refractivity contribution >= 4 is 23.8 Å². The second-order valence-corrected chi connectivity index (χ2v) is 8.33. The maximum absolute atomic E-state index is 12.2. The molecule has 0 radical (unpaired) electrons. The van der Waals surface area contributed by atoms with E-state index in [1.165, 1.54) is 11.8 Å². The van der Waals surface area contributed by atoms with E-state index in [1.54, 1.807) is 18.0 Å². The van der Waals surface area contributed by atoms with Crippen molar-refractivity contribution in [3.05, 3.63) is 17.5 Å². The lowest BCUT2D eigenvalue weighted by Crippen LogP contribution is -2.42. The Morgan fingerprint density at radius 2 is 1.96 bits per heavy atom. The van der Waals surface area contributed by atoms with E-state index in [-0.39, 0.29) is 12.1 Å². The van der Waals surface area contributed by atoms with Crippen LogP contribution in [0.15, 0.2) is 11.4 Å². The monoisotopic (exact) mass is 395 g/mol. The summed E-state index contributed by atoms with van der Waals surface area (Å²) in [5.74, 6) is -0.0344. The molecule has 0 atom stereocenters. The Morgan fingerprint density at radius 1 is 1.30 bits per heavy atom. The van der Waals surface area contributed by atoms with Crippen molar-refractivity contribution in [1.82, 2.24) is 14.9 Å². The molecule has 27 heavy (non-hydrogen) atoms. The van der Waals surface area contributed by atoms with Gasteiger partial charge < -0.3 is 14.4 Å². The second-order valence-electron chi connectivity index (χ2n) is 7.55. The van der Waals surface area contributed by atoms with E-state index in [0.717, 1.165) is 18.5 Å². The molecule has 0 saturated carbocycles. The number of thioether (sulfide) groups is 1. The van der Waals surface area contributed by atoms with Crippen LogP contribution in [0.2, 0.25) is 0 Å². The third kappa shape index (κ3) is 6.37. The average Bonchev–Trinajstić information content (AvgIpc) is 2.61. The van der Waals surface area contributed by atoms with Crippen LogP contribution in [0.4, 0.5) is 4.79 Å². The minimum atomic E-state index is -0.488. The van der Waals surface area contributed by atoms with Crippen LogP contribution in [-0.4, -0.2) is 58.5 Å². The van der Waals surface area contributed by atoms with E-state index in [4.69, 9.17) is 9.47 Å². The van der Waals surface area contributed by atoms with E-state index in [1.807, 2.05) is 27.0 Å². The number of hydrogen-bond donors (Lipinski definition) is 0. The summed E-state index contributed by atoms with van der Waals surface area (Å²) < 4.78 is 10.6. The average molecular weight is 396 g/mol. The van der Waals surface area contributed by atoms with Gasteiger partial charge in [-0.3, -0.25) is 0 Å². The maximum atomic E-state index is 12.2. The molecule has 0 bridgehead atoms. The Kier molecular flexibility index (Phi) is 7.47. The second kappa shape index (κ2) is 9.39. The van der Waals surface area contributed by atoms with E-state index in [9.17, 15) is 9.59 Å². The summed E-state index contributed by atoms with van der Waals surface area (Å²) in [6.07, 6.45) is 5.57. The van der Waals surface area contributed by atoms with E-state index in [2.05, 4.69) is 9.97 Å². The Morgan fingerprint density at radius 3 is 2.52 bits per heavy atom. The predicted molar refractivity (Wildman–Crippen MR) is 104 cm³/mol. The van der Waals surface area contributed by atoms with Crippen LogP contribution >= 0.6 is 11.8 Å². The number of hydrogen-bond acceptors (Lipinski definition) is 7.